The van der Waals surface area contributed by atoms with Gasteiger partial charge in [0.2, 0.25) is 0 Å². The monoisotopic (exact) mass is 202 g/mol. The summed E-state index contributed by atoms with van der Waals surface area (Å²) in [5.41, 5.74) is 0. The van der Waals surface area contributed by atoms with Crippen molar-refractivity contribution in [3.05, 3.63) is 0 Å². The van der Waals surface area contributed by atoms with Gasteiger partial charge < -0.3 is 0 Å². The Balaban J connectivity index is 2.15. The van der Waals surface area contributed by atoms with Gasteiger partial charge in [0.1, 0.15) is 0 Å². The number of alkyl halides is 1. The summed E-state index contributed by atoms with van der Waals surface area (Å²) in [5.74, 6) is 0.941. The van der Waals surface area contributed by atoms with Crippen LogP contribution in [0.5, 0.6) is 0 Å². The first-order chi connectivity index (χ1) is 6.33. The van der Waals surface area contributed by atoms with E-state index in [9.17, 15) is 0 Å². The number of hydrogen-bond donors (Lipinski definition) is 0. The van der Waals surface area contributed by atoms with Gasteiger partial charge in [-0.15, -0.1) is 11.6 Å². The van der Waals surface area contributed by atoms with E-state index in [1.54, 1.807) is 0 Å². The van der Waals surface area contributed by atoms with Gasteiger partial charge in [-0.2, -0.15) is 0 Å². The lowest BCUT2D eigenvalue weighted by molar-refractivity contribution is 0.411. The van der Waals surface area contributed by atoms with Crippen molar-refractivity contribution in [2.45, 2.75) is 70.1 Å². The highest BCUT2D eigenvalue weighted by Gasteiger charge is 2.17. The molecular formula is C12H23Cl. The molecule has 0 spiro atoms. The average molecular weight is 203 g/mol. The summed E-state index contributed by atoms with van der Waals surface area (Å²) in [5, 5.41) is 0.481. The highest BCUT2D eigenvalue weighted by molar-refractivity contribution is 6.20. The zero-order valence-electron chi connectivity index (χ0n) is 8.90. The molecule has 2 unspecified atom stereocenters. The van der Waals surface area contributed by atoms with E-state index in [0.717, 1.165) is 5.92 Å². The van der Waals surface area contributed by atoms with Crippen LogP contribution in [0.1, 0.15) is 64.7 Å². The van der Waals surface area contributed by atoms with Crippen LogP contribution < -0.4 is 0 Å². The fraction of sp³-hybridized carbons (Fsp3) is 1.00. The molecule has 1 rings (SSSR count). The third-order valence-corrected chi connectivity index (χ3v) is 3.58. The normalized spacial score (nSPS) is 30.0. The Kier molecular flexibility index (Phi) is 5.86. The quantitative estimate of drug-likeness (QED) is 0.351. The molecule has 13 heavy (non-hydrogen) atoms. The largest absolute Gasteiger partial charge is 0.123 e. The fourth-order valence-corrected chi connectivity index (χ4v) is 2.75. The first-order valence-electron chi connectivity index (χ1n) is 5.97. The van der Waals surface area contributed by atoms with Crippen molar-refractivity contribution in [2.75, 3.05) is 0 Å². The van der Waals surface area contributed by atoms with Gasteiger partial charge in [-0.3, -0.25) is 0 Å². The Bertz CT molecular complexity index is 122. The Morgan fingerprint density at radius 2 is 1.92 bits per heavy atom. The molecule has 0 aliphatic heterocycles. The smallest absolute Gasteiger partial charge is 0.0338 e. The second-order valence-electron chi connectivity index (χ2n) is 4.48. The van der Waals surface area contributed by atoms with Crippen molar-refractivity contribution in [3.63, 3.8) is 0 Å². The van der Waals surface area contributed by atoms with E-state index < -0.39 is 0 Å². The second-order valence-corrected chi connectivity index (χ2v) is 5.10. The fourth-order valence-electron chi connectivity index (χ4n) is 2.34. The standard InChI is InChI=1S/C12H23Cl/c1-2-3-4-7-11-8-5-6-9-12(13)10-11/h11-12H,2-10H2,1H3. The predicted octanol–water partition coefficient (Wildman–Crippen LogP) is 4.75. The molecule has 2 atom stereocenters. The highest BCUT2D eigenvalue weighted by Crippen LogP contribution is 2.29. The number of hydrogen-bond acceptors (Lipinski definition) is 0. The Labute approximate surface area is 88.1 Å². The van der Waals surface area contributed by atoms with Crippen LogP contribution in [0.2, 0.25) is 0 Å². The maximum atomic E-state index is 6.23. The van der Waals surface area contributed by atoms with Gasteiger partial charge in [-0.25, -0.2) is 0 Å². The van der Waals surface area contributed by atoms with Crippen molar-refractivity contribution in [1.82, 2.24) is 0 Å². The van der Waals surface area contributed by atoms with Crippen molar-refractivity contribution >= 4 is 11.6 Å². The summed E-state index contributed by atoms with van der Waals surface area (Å²) < 4.78 is 0. The number of halogens is 1. The van der Waals surface area contributed by atoms with Crippen LogP contribution >= 0.6 is 11.6 Å². The van der Waals surface area contributed by atoms with Crippen molar-refractivity contribution < 1.29 is 0 Å². The van der Waals surface area contributed by atoms with E-state index in [2.05, 4.69) is 6.92 Å². The van der Waals surface area contributed by atoms with Gasteiger partial charge in [0.15, 0.2) is 0 Å². The summed E-state index contributed by atoms with van der Waals surface area (Å²) in [4.78, 5) is 0. The maximum absolute atomic E-state index is 6.23. The molecule has 0 aromatic heterocycles. The SMILES string of the molecule is CCCCCC1CCCCC(Cl)C1. The molecule has 0 heterocycles. The Morgan fingerprint density at radius 1 is 1.15 bits per heavy atom. The van der Waals surface area contributed by atoms with Crippen molar-refractivity contribution in [3.8, 4) is 0 Å². The van der Waals surface area contributed by atoms with Crippen LogP contribution in [0.3, 0.4) is 0 Å². The summed E-state index contributed by atoms with van der Waals surface area (Å²) in [6, 6.07) is 0. The molecule has 0 N–H and O–H groups in total. The molecule has 78 valence electrons. The highest BCUT2D eigenvalue weighted by atomic mass is 35.5. The zero-order valence-corrected chi connectivity index (χ0v) is 9.65. The lowest BCUT2D eigenvalue weighted by Gasteiger charge is -2.15. The minimum absolute atomic E-state index is 0.481. The lowest BCUT2D eigenvalue weighted by atomic mass is 9.94. The topological polar surface area (TPSA) is 0 Å². The number of unbranched alkanes of at least 4 members (excludes halogenated alkanes) is 2. The summed E-state index contributed by atoms with van der Waals surface area (Å²) in [6.07, 6.45) is 12.4. The first-order valence-corrected chi connectivity index (χ1v) is 6.40. The van der Waals surface area contributed by atoms with E-state index in [1.807, 2.05) is 0 Å². The van der Waals surface area contributed by atoms with E-state index in [4.69, 9.17) is 11.6 Å². The van der Waals surface area contributed by atoms with Gasteiger partial charge >= 0.3 is 0 Å². The molecule has 0 aromatic carbocycles. The average Bonchev–Trinajstić information content (AvgIpc) is 2.31. The molecule has 0 saturated heterocycles. The predicted molar refractivity (Wildman–Crippen MR) is 60.4 cm³/mol. The molecular weight excluding hydrogens is 180 g/mol. The molecule has 0 radical (unpaired) electrons. The van der Waals surface area contributed by atoms with E-state index in [0.29, 0.717) is 5.38 Å². The van der Waals surface area contributed by atoms with Gasteiger partial charge in [0, 0.05) is 5.38 Å². The third kappa shape index (κ3) is 4.90. The summed E-state index contributed by atoms with van der Waals surface area (Å²) in [7, 11) is 0. The lowest BCUT2D eigenvalue weighted by Crippen LogP contribution is -2.05. The van der Waals surface area contributed by atoms with Crippen LogP contribution in [0, 0.1) is 5.92 Å². The van der Waals surface area contributed by atoms with Crippen molar-refractivity contribution in [1.29, 1.82) is 0 Å². The molecule has 1 heteroatoms. The van der Waals surface area contributed by atoms with E-state index in [1.165, 1.54) is 57.8 Å². The molecule has 1 aliphatic carbocycles. The molecule has 1 saturated carbocycles. The molecule has 1 aliphatic rings. The van der Waals surface area contributed by atoms with Gasteiger partial charge in [-0.05, 0) is 18.8 Å². The van der Waals surface area contributed by atoms with Crippen LogP contribution in [0.4, 0.5) is 0 Å². The minimum atomic E-state index is 0.481. The molecule has 1 fully saturated rings. The van der Waals surface area contributed by atoms with Gasteiger partial charge in [0.25, 0.3) is 0 Å². The van der Waals surface area contributed by atoms with Crippen LogP contribution in [-0.4, -0.2) is 5.38 Å². The third-order valence-electron chi connectivity index (χ3n) is 3.18. The molecule has 0 nitrogen and oxygen atoms in total. The second kappa shape index (κ2) is 6.70. The summed E-state index contributed by atoms with van der Waals surface area (Å²) in [6.45, 7) is 2.28. The summed E-state index contributed by atoms with van der Waals surface area (Å²) >= 11 is 6.23. The molecule has 0 aromatic rings. The van der Waals surface area contributed by atoms with Gasteiger partial charge in [-0.1, -0.05) is 51.9 Å². The number of rotatable bonds is 4. The molecule has 0 amide bonds. The minimum Gasteiger partial charge on any atom is -0.123 e. The van der Waals surface area contributed by atoms with Crippen LogP contribution in [0.25, 0.3) is 0 Å². The Morgan fingerprint density at radius 3 is 2.69 bits per heavy atom. The van der Waals surface area contributed by atoms with E-state index >= 15 is 0 Å². The Hall–Kier alpha value is 0.290. The first kappa shape index (κ1) is 11.4. The van der Waals surface area contributed by atoms with Crippen molar-refractivity contribution in [2.24, 2.45) is 5.92 Å². The van der Waals surface area contributed by atoms with Gasteiger partial charge in [0.05, 0.1) is 0 Å². The maximum Gasteiger partial charge on any atom is 0.0338 e. The van der Waals surface area contributed by atoms with Crippen LogP contribution in [0.15, 0.2) is 0 Å². The zero-order chi connectivity index (χ0) is 9.52. The van der Waals surface area contributed by atoms with Crippen LogP contribution in [-0.2, 0) is 0 Å². The molecule has 0 bridgehead atoms. The van der Waals surface area contributed by atoms with E-state index in [-0.39, 0.29) is 0 Å².